The van der Waals surface area contributed by atoms with E-state index in [4.69, 9.17) is 0 Å². The van der Waals surface area contributed by atoms with E-state index >= 15 is 0 Å². The van der Waals surface area contributed by atoms with Gasteiger partial charge in [0.15, 0.2) is 5.96 Å². The molecule has 0 radical (unpaired) electrons. The summed E-state index contributed by atoms with van der Waals surface area (Å²) >= 11 is 3.37. The summed E-state index contributed by atoms with van der Waals surface area (Å²) in [5, 5.41) is 9.41. The van der Waals surface area contributed by atoms with Gasteiger partial charge in [-0.05, 0) is 36.8 Å². The number of benzene rings is 1. The van der Waals surface area contributed by atoms with E-state index in [0.29, 0.717) is 12.1 Å². The van der Waals surface area contributed by atoms with Crippen molar-refractivity contribution in [2.45, 2.75) is 12.8 Å². The van der Waals surface area contributed by atoms with Crippen molar-refractivity contribution in [1.82, 2.24) is 20.9 Å². The Balaban J connectivity index is 0.00000364. The molecular formula is C19H25BrIN5O. The number of aliphatic imine (C=N–C) groups is 1. The summed E-state index contributed by atoms with van der Waals surface area (Å²) in [6.45, 7) is 2.08. The van der Waals surface area contributed by atoms with Crippen LogP contribution < -0.4 is 16.0 Å². The highest BCUT2D eigenvalue weighted by molar-refractivity contribution is 14.0. The van der Waals surface area contributed by atoms with Gasteiger partial charge < -0.3 is 16.0 Å². The summed E-state index contributed by atoms with van der Waals surface area (Å²) in [5.41, 5.74) is 1.70. The van der Waals surface area contributed by atoms with Crippen molar-refractivity contribution in [3.63, 3.8) is 0 Å². The van der Waals surface area contributed by atoms with Crippen molar-refractivity contribution in [2.75, 3.05) is 26.7 Å². The second-order valence-corrected chi connectivity index (χ2v) is 6.53. The fourth-order valence-electron chi connectivity index (χ4n) is 2.30. The number of carbonyl (C=O) groups is 1. The summed E-state index contributed by atoms with van der Waals surface area (Å²) in [5.74, 6) is 0.684. The molecule has 0 aliphatic carbocycles. The predicted octanol–water partition coefficient (Wildman–Crippen LogP) is 2.99. The molecule has 146 valence electrons. The number of guanidine groups is 1. The first kappa shape index (κ1) is 23.4. The molecule has 0 unspecified atom stereocenters. The Labute approximate surface area is 185 Å². The van der Waals surface area contributed by atoms with Gasteiger partial charge in [0.25, 0.3) is 5.91 Å². The fourth-order valence-corrected chi connectivity index (χ4v) is 2.70. The van der Waals surface area contributed by atoms with Gasteiger partial charge >= 0.3 is 0 Å². The van der Waals surface area contributed by atoms with Gasteiger partial charge in [-0.2, -0.15) is 0 Å². The summed E-state index contributed by atoms with van der Waals surface area (Å²) in [6.07, 6.45) is 3.44. The maximum Gasteiger partial charge on any atom is 0.251 e. The predicted molar refractivity (Wildman–Crippen MR) is 124 cm³/mol. The molecular weight excluding hydrogens is 521 g/mol. The number of nitrogens with zero attached hydrogens (tertiary/aromatic N) is 2. The molecule has 2 rings (SSSR count). The number of aromatic nitrogens is 1. The summed E-state index contributed by atoms with van der Waals surface area (Å²) in [4.78, 5) is 20.5. The first-order valence-corrected chi connectivity index (χ1v) is 9.36. The van der Waals surface area contributed by atoms with Gasteiger partial charge in [0, 0.05) is 55.0 Å². The minimum absolute atomic E-state index is 0. The molecule has 0 saturated heterocycles. The van der Waals surface area contributed by atoms with Crippen LogP contribution in [0.2, 0.25) is 0 Å². The van der Waals surface area contributed by atoms with E-state index < -0.39 is 0 Å². The van der Waals surface area contributed by atoms with Crippen molar-refractivity contribution < 1.29 is 4.79 Å². The number of hydrogen-bond acceptors (Lipinski definition) is 3. The zero-order chi connectivity index (χ0) is 18.6. The monoisotopic (exact) mass is 545 g/mol. The van der Waals surface area contributed by atoms with Gasteiger partial charge in [0.1, 0.15) is 0 Å². The molecule has 0 saturated carbocycles. The molecule has 27 heavy (non-hydrogen) atoms. The second-order valence-electron chi connectivity index (χ2n) is 5.62. The largest absolute Gasteiger partial charge is 0.356 e. The molecule has 6 nitrogen and oxygen atoms in total. The van der Waals surface area contributed by atoms with E-state index in [1.807, 2.05) is 30.3 Å². The van der Waals surface area contributed by atoms with Crippen LogP contribution in [0.1, 0.15) is 22.5 Å². The molecule has 0 fully saturated rings. The quantitative estimate of drug-likeness (QED) is 0.206. The van der Waals surface area contributed by atoms with Gasteiger partial charge in [-0.15, -0.1) is 24.0 Å². The maximum absolute atomic E-state index is 12.0. The van der Waals surface area contributed by atoms with Crippen molar-refractivity contribution >= 4 is 51.8 Å². The number of carbonyl (C=O) groups excluding carboxylic acids is 1. The van der Waals surface area contributed by atoms with Gasteiger partial charge in [0.05, 0.1) is 0 Å². The number of amides is 1. The third-order valence-electron chi connectivity index (χ3n) is 3.64. The lowest BCUT2D eigenvalue weighted by Crippen LogP contribution is -2.39. The molecule has 2 aromatic rings. The minimum atomic E-state index is -0.0656. The van der Waals surface area contributed by atoms with Crippen molar-refractivity contribution in [3.05, 3.63) is 64.4 Å². The Bertz CT molecular complexity index is 727. The van der Waals surface area contributed by atoms with Crippen molar-refractivity contribution in [2.24, 2.45) is 4.99 Å². The maximum atomic E-state index is 12.0. The first-order valence-electron chi connectivity index (χ1n) is 8.57. The van der Waals surface area contributed by atoms with E-state index in [9.17, 15) is 4.79 Å². The average Bonchev–Trinajstić information content (AvgIpc) is 2.67. The summed E-state index contributed by atoms with van der Waals surface area (Å²) in [7, 11) is 1.74. The molecule has 0 atom stereocenters. The van der Waals surface area contributed by atoms with E-state index in [1.54, 1.807) is 25.4 Å². The van der Waals surface area contributed by atoms with Crippen LogP contribution in [0.4, 0.5) is 0 Å². The minimum Gasteiger partial charge on any atom is -0.356 e. The molecule has 0 bridgehead atoms. The summed E-state index contributed by atoms with van der Waals surface area (Å²) < 4.78 is 0.896. The highest BCUT2D eigenvalue weighted by Gasteiger charge is 2.04. The zero-order valence-corrected chi connectivity index (χ0v) is 19.2. The smallest absolute Gasteiger partial charge is 0.251 e. The Morgan fingerprint density at radius 2 is 1.85 bits per heavy atom. The Morgan fingerprint density at radius 1 is 1.07 bits per heavy atom. The van der Waals surface area contributed by atoms with Crippen molar-refractivity contribution in [3.8, 4) is 0 Å². The van der Waals surface area contributed by atoms with E-state index in [-0.39, 0.29) is 29.9 Å². The van der Waals surface area contributed by atoms with E-state index in [2.05, 4.69) is 41.9 Å². The number of halogens is 2. The number of nitrogens with one attached hydrogen (secondary N) is 3. The molecule has 1 amide bonds. The standard InChI is InChI=1S/C19H24BrN5O.HI/c1-21-19(25-13-9-17-8-2-3-10-22-17)24-12-5-11-23-18(26)15-6-4-7-16(20)14-15;/h2-4,6-8,10,14H,5,9,11-13H2,1H3,(H,23,26)(H2,21,24,25);1H. The third-order valence-corrected chi connectivity index (χ3v) is 4.13. The first-order chi connectivity index (χ1) is 12.7. The second kappa shape index (κ2) is 13.5. The van der Waals surface area contributed by atoms with Crippen LogP contribution in [0.3, 0.4) is 0 Å². The Kier molecular flexibility index (Phi) is 11.7. The van der Waals surface area contributed by atoms with Gasteiger partial charge in [-0.25, -0.2) is 0 Å². The third kappa shape index (κ3) is 9.18. The molecule has 0 aliphatic heterocycles. The van der Waals surface area contributed by atoms with Crippen LogP contribution in [0.5, 0.6) is 0 Å². The normalized spacial score (nSPS) is 10.7. The number of rotatable bonds is 8. The lowest BCUT2D eigenvalue weighted by molar-refractivity contribution is 0.0953. The SMILES string of the molecule is CN=C(NCCCNC(=O)c1cccc(Br)c1)NCCc1ccccn1.I. The molecule has 0 aliphatic rings. The fraction of sp³-hybridized carbons (Fsp3) is 0.316. The molecule has 3 N–H and O–H groups in total. The van der Waals surface area contributed by atoms with Crippen LogP contribution in [-0.4, -0.2) is 43.5 Å². The van der Waals surface area contributed by atoms with Gasteiger partial charge in [0.2, 0.25) is 0 Å². The Hall–Kier alpha value is -1.68. The number of hydrogen-bond donors (Lipinski definition) is 3. The van der Waals surface area contributed by atoms with E-state index in [0.717, 1.165) is 42.1 Å². The summed E-state index contributed by atoms with van der Waals surface area (Å²) in [6, 6.07) is 13.2. The molecule has 0 spiro atoms. The van der Waals surface area contributed by atoms with Gasteiger partial charge in [-0.1, -0.05) is 28.1 Å². The molecule has 1 aromatic carbocycles. The van der Waals surface area contributed by atoms with Crippen LogP contribution in [0.25, 0.3) is 0 Å². The lowest BCUT2D eigenvalue weighted by atomic mass is 10.2. The molecule has 1 heterocycles. The highest BCUT2D eigenvalue weighted by atomic mass is 127. The van der Waals surface area contributed by atoms with Crippen LogP contribution in [0, 0.1) is 0 Å². The molecule has 8 heteroatoms. The van der Waals surface area contributed by atoms with Crippen LogP contribution in [-0.2, 0) is 6.42 Å². The average molecular weight is 546 g/mol. The van der Waals surface area contributed by atoms with Crippen molar-refractivity contribution in [1.29, 1.82) is 0 Å². The van der Waals surface area contributed by atoms with E-state index in [1.165, 1.54) is 0 Å². The zero-order valence-electron chi connectivity index (χ0n) is 15.2. The molecule has 1 aromatic heterocycles. The Morgan fingerprint density at radius 3 is 2.56 bits per heavy atom. The topological polar surface area (TPSA) is 78.4 Å². The van der Waals surface area contributed by atoms with Gasteiger partial charge in [-0.3, -0.25) is 14.8 Å². The van der Waals surface area contributed by atoms with Crippen LogP contribution in [0.15, 0.2) is 58.1 Å². The highest BCUT2D eigenvalue weighted by Crippen LogP contribution is 2.11. The van der Waals surface area contributed by atoms with Crippen LogP contribution >= 0.6 is 39.9 Å². The number of pyridine rings is 1. The lowest BCUT2D eigenvalue weighted by Gasteiger charge is -2.12.